The number of piperidine rings is 1. The first-order valence-electron chi connectivity index (χ1n) is 8.25. The van der Waals surface area contributed by atoms with Crippen molar-refractivity contribution in [2.45, 2.75) is 52.0 Å². The molecule has 23 heavy (non-hydrogen) atoms. The minimum Gasteiger partial charge on any atom is -0.333 e. The van der Waals surface area contributed by atoms with Crippen molar-refractivity contribution >= 4 is 17.2 Å². The van der Waals surface area contributed by atoms with Crippen molar-refractivity contribution < 1.29 is 4.79 Å². The smallest absolute Gasteiger partial charge is 0.223 e. The molecule has 0 unspecified atom stereocenters. The zero-order valence-corrected chi connectivity index (χ0v) is 14.9. The molecule has 0 N–H and O–H groups in total. The first-order valence-corrected chi connectivity index (χ1v) is 9.13. The maximum atomic E-state index is 12.8. The summed E-state index contributed by atoms with van der Waals surface area (Å²) in [6.45, 7) is 4.87. The number of aryl methyl sites for hydroxylation is 4. The number of carbonyl (C=O) groups excluding carboxylic acids is 1. The Kier molecular flexibility index (Phi) is 4.80. The molecule has 5 nitrogen and oxygen atoms in total. The van der Waals surface area contributed by atoms with Crippen molar-refractivity contribution in [3.8, 4) is 0 Å². The highest BCUT2D eigenvalue weighted by Crippen LogP contribution is 2.33. The van der Waals surface area contributed by atoms with Crippen molar-refractivity contribution in [1.82, 2.24) is 19.7 Å². The monoisotopic (exact) mass is 332 g/mol. The summed E-state index contributed by atoms with van der Waals surface area (Å²) in [7, 11) is 1.92. The third-order valence-electron chi connectivity index (χ3n) is 4.47. The molecule has 0 radical (unpaired) electrons. The van der Waals surface area contributed by atoms with Gasteiger partial charge in [-0.25, -0.2) is 4.98 Å². The lowest BCUT2D eigenvalue weighted by Gasteiger charge is -2.34. The summed E-state index contributed by atoms with van der Waals surface area (Å²) < 4.78 is 1.82. The molecule has 1 aliphatic heterocycles. The number of thiazole rings is 1. The minimum atomic E-state index is 0.171. The molecular formula is C17H24N4OS. The number of amides is 1. The van der Waals surface area contributed by atoms with Gasteiger partial charge in [0.2, 0.25) is 5.91 Å². The van der Waals surface area contributed by atoms with Crippen LogP contribution in [0, 0.1) is 13.8 Å². The van der Waals surface area contributed by atoms with Crippen molar-refractivity contribution in [3.05, 3.63) is 33.5 Å². The van der Waals surface area contributed by atoms with E-state index in [1.165, 1.54) is 12.0 Å². The van der Waals surface area contributed by atoms with E-state index in [4.69, 9.17) is 0 Å². The fourth-order valence-electron chi connectivity index (χ4n) is 3.29. The molecule has 2 aromatic heterocycles. The van der Waals surface area contributed by atoms with Crippen LogP contribution < -0.4 is 0 Å². The van der Waals surface area contributed by atoms with Crippen LogP contribution in [-0.2, 0) is 18.3 Å². The van der Waals surface area contributed by atoms with E-state index in [1.807, 2.05) is 36.7 Å². The molecule has 1 amide bonds. The normalized spacial score (nSPS) is 18.4. The van der Waals surface area contributed by atoms with Crippen molar-refractivity contribution in [2.75, 3.05) is 6.54 Å². The largest absolute Gasteiger partial charge is 0.333 e. The Labute approximate surface area is 141 Å². The van der Waals surface area contributed by atoms with E-state index in [9.17, 15) is 4.79 Å². The lowest BCUT2D eigenvalue weighted by Crippen LogP contribution is -2.38. The van der Waals surface area contributed by atoms with Gasteiger partial charge in [-0.2, -0.15) is 5.10 Å². The summed E-state index contributed by atoms with van der Waals surface area (Å²) in [4.78, 5) is 19.4. The van der Waals surface area contributed by atoms with Crippen LogP contribution in [-0.4, -0.2) is 32.1 Å². The second kappa shape index (κ2) is 6.83. The van der Waals surface area contributed by atoms with Gasteiger partial charge in [0.05, 0.1) is 11.7 Å². The molecule has 2 aromatic rings. The van der Waals surface area contributed by atoms with Gasteiger partial charge < -0.3 is 4.90 Å². The van der Waals surface area contributed by atoms with E-state index in [1.54, 1.807) is 11.3 Å². The first kappa shape index (κ1) is 16.2. The van der Waals surface area contributed by atoms with Gasteiger partial charge in [0, 0.05) is 37.3 Å². The number of hydrogen-bond donors (Lipinski definition) is 0. The van der Waals surface area contributed by atoms with Gasteiger partial charge in [-0.05, 0) is 45.1 Å². The van der Waals surface area contributed by atoms with Crippen molar-refractivity contribution in [1.29, 1.82) is 0 Å². The van der Waals surface area contributed by atoms with E-state index in [0.29, 0.717) is 6.42 Å². The topological polar surface area (TPSA) is 51.0 Å². The molecule has 0 saturated carbocycles. The fraction of sp³-hybridized carbons (Fsp3) is 0.588. The van der Waals surface area contributed by atoms with Crippen LogP contribution in [0.25, 0.3) is 0 Å². The zero-order valence-electron chi connectivity index (χ0n) is 14.1. The highest BCUT2D eigenvalue weighted by atomic mass is 32.1. The predicted octanol–water partition coefficient (Wildman–Crippen LogP) is 3.18. The summed E-state index contributed by atoms with van der Waals surface area (Å²) in [6, 6.07) is 0.171. The average molecular weight is 332 g/mol. The second-order valence-corrected chi connectivity index (χ2v) is 7.23. The van der Waals surface area contributed by atoms with Gasteiger partial charge >= 0.3 is 0 Å². The average Bonchev–Trinajstić information content (AvgIpc) is 3.10. The fourth-order valence-corrected chi connectivity index (χ4v) is 4.23. The predicted molar refractivity (Wildman–Crippen MR) is 91.4 cm³/mol. The van der Waals surface area contributed by atoms with E-state index in [0.717, 1.165) is 42.2 Å². The van der Waals surface area contributed by atoms with E-state index in [-0.39, 0.29) is 11.9 Å². The molecule has 1 aliphatic rings. The molecule has 6 heteroatoms. The third kappa shape index (κ3) is 3.63. The number of rotatable bonds is 4. The molecule has 0 aliphatic carbocycles. The Morgan fingerprint density at radius 1 is 1.39 bits per heavy atom. The van der Waals surface area contributed by atoms with E-state index in [2.05, 4.69) is 15.5 Å². The Bertz CT molecular complexity index is 691. The van der Waals surface area contributed by atoms with Gasteiger partial charge in [-0.3, -0.25) is 9.48 Å². The van der Waals surface area contributed by atoms with Crippen molar-refractivity contribution in [3.63, 3.8) is 0 Å². The van der Waals surface area contributed by atoms with Crippen LogP contribution >= 0.6 is 11.3 Å². The number of hydrogen-bond acceptors (Lipinski definition) is 4. The maximum Gasteiger partial charge on any atom is 0.223 e. The molecule has 1 atom stereocenters. The number of nitrogens with zero attached hydrogens (tertiary/aromatic N) is 4. The summed E-state index contributed by atoms with van der Waals surface area (Å²) in [5.74, 6) is 0.241. The van der Waals surface area contributed by atoms with Crippen molar-refractivity contribution in [2.24, 2.45) is 7.05 Å². The molecule has 3 rings (SSSR count). The van der Waals surface area contributed by atoms with E-state index >= 15 is 0 Å². The summed E-state index contributed by atoms with van der Waals surface area (Å²) in [6.07, 6.45) is 6.63. The SMILES string of the molecule is Cc1csc([C@H]2CCCCN2C(=O)CCc2cn(C)nc2C)n1. The first-order chi connectivity index (χ1) is 11.0. The van der Waals surface area contributed by atoms with Crippen LogP contribution in [0.15, 0.2) is 11.6 Å². The van der Waals surface area contributed by atoms with Crippen LogP contribution in [0.4, 0.5) is 0 Å². The molecular weight excluding hydrogens is 308 g/mol. The van der Waals surface area contributed by atoms with Crippen LogP contribution in [0.5, 0.6) is 0 Å². The van der Waals surface area contributed by atoms with Gasteiger partial charge in [-0.15, -0.1) is 11.3 Å². The molecule has 0 spiro atoms. The Morgan fingerprint density at radius 2 is 2.22 bits per heavy atom. The Hall–Kier alpha value is -1.69. The Morgan fingerprint density at radius 3 is 2.87 bits per heavy atom. The third-order valence-corrected chi connectivity index (χ3v) is 5.53. The molecule has 1 saturated heterocycles. The van der Waals surface area contributed by atoms with Gasteiger partial charge in [0.1, 0.15) is 5.01 Å². The summed E-state index contributed by atoms with van der Waals surface area (Å²) in [5, 5.41) is 7.52. The minimum absolute atomic E-state index is 0.171. The summed E-state index contributed by atoms with van der Waals surface area (Å²) in [5.41, 5.74) is 3.24. The maximum absolute atomic E-state index is 12.8. The van der Waals surface area contributed by atoms with Crippen LogP contribution in [0.3, 0.4) is 0 Å². The molecule has 1 fully saturated rings. The molecule has 3 heterocycles. The molecule has 0 bridgehead atoms. The lowest BCUT2D eigenvalue weighted by atomic mass is 10.0. The summed E-state index contributed by atoms with van der Waals surface area (Å²) >= 11 is 1.68. The number of aromatic nitrogens is 3. The highest BCUT2D eigenvalue weighted by molar-refractivity contribution is 7.09. The van der Waals surface area contributed by atoms with Gasteiger partial charge in [0.15, 0.2) is 0 Å². The zero-order chi connectivity index (χ0) is 16.4. The molecule has 0 aromatic carbocycles. The van der Waals surface area contributed by atoms with Crippen LogP contribution in [0.1, 0.15) is 53.7 Å². The number of likely N-dealkylation sites (tertiary alicyclic amines) is 1. The lowest BCUT2D eigenvalue weighted by molar-refractivity contribution is -0.135. The van der Waals surface area contributed by atoms with E-state index < -0.39 is 0 Å². The number of carbonyl (C=O) groups is 1. The highest BCUT2D eigenvalue weighted by Gasteiger charge is 2.29. The molecule has 124 valence electrons. The van der Waals surface area contributed by atoms with Gasteiger partial charge in [0.25, 0.3) is 0 Å². The second-order valence-electron chi connectivity index (χ2n) is 6.34. The quantitative estimate of drug-likeness (QED) is 0.864. The Balaban J connectivity index is 1.67. The standard InChI is InChI=1S/C17H24N4OS/c1-12-11-23-17(18-12)15-6-4-5-9-21(15)16(22)8-7-14-10-20(3)19-13(14)2/h10-11,15H,4-9H2,1-3H3/t15-/m1/s1. The van der Waals surface area contributed by atoms with Gasteiger partial charge in [-0.1, -0.05) is 0 Å². The van der Waals surface area contributed by atoms with Crippen LogP contribution in [0.2, 0.25) is 0 Å².